The monoisotopic (exact) mass is 280 g/mol. The molecule has 6 heteroatoms. The summed E-state index contributed by atoms with van der Waals surface area (Å²) in [4.78, 5) is 0. The van der Waals surface area contributed by atoms with Crippen molar-refractivity contribution in [2.24, 2.45) is 0 Å². The van der Waals surface area contributed by atoms with E-state index in [4.69, 9.17) is 4.74 Å². The summed E-state index contributed by atoms with van der Waals surface area (Å²) in [7, 11) is -3.09. The van der Waals surface area contributed by atoms with Gasteiger partial charge in [-0.1, -0.05) is 6.92 Å². The van der Waals surface area contributed by atoms with Gasteiger partial charge in [-0.05, 0) is 45.7 Å². The average molecular weight is 280 g/mol. The third-order valence-corrected chi connectivity index (χ3v) is 3.91. The van der Waals surface area contributed by atoms with Crippen LogP contribution in [0.4, 0.5) is 0 Å². The fourth-order valence-corrected chi connectivity index (χ4v) is 2.65. The highest BCUT2D eigenvalue weighted by atomic mass is 32.2. The summed E-state index contributed by atoms with van der Waals surface area (Å²) >= 11 is 0. The van der Waals surface area contributed by atoms with Gasteiger partial charge in [0.25, 0.3) is 0 Å². The molecule has 0 rings (SSSR count). The molecule has 0 saturated heterocycles. The van der Waals surface area contributed by atoms with Crippen molar-refractivity contribution in [1.29, 1.82) is 0 Å². The summed E-state index contributed by atoms with van der Waals surface area (Å²) in [5, 5.41) is 3.26. The van der Waals surface area contributed by atoms with Crippen molar-refractivity contribution in [3.63, 3.8) is 0 Å². The predicted molar refractivity (Wildman–Crippen MR) is 75.3 cm³/mol. The maximum Gasteiger partial charge on any atom is 0.211 e. The molecule has 0 aliphatic carbocycles. The number of sulfonamides is 1. The molecule has 0 unspecified atom stereocenters. The highest BCUT2D eigenvalue weighted by Gasteiger charge is 2.08. The highest BCUT2D eigenvalue weighted by Crippen LogP contribution is 1.94. The first-order valence-corrected chi connectivity index (χ1v) is 8.53. The van der Waals surface area contributed by atoms with Crippen molar-refractivity contribution in [3.05, 3.63) is 0 Å². The predicted octanol–water partition coefficient (Wildman–Crippen LogP) is 1.11. The molecule has 0 heterocycles. The Balaban J connectivity index is 3.43. The SMILES string of the molecule is CCCNCCCCS(=O)(=O)NCCCOCC. The summed E-state index contributed by atoms with van der Waals surface area (Å²) in [6.45, 7) is 7.70. The molecule has 0 aromatic heterocycles. The van der Waals surface area contributed by atoms with Gasteiger partial charge in [-0.15, -0.1) is 0 Å². The number of rotatable bonds is 13. The van der Waals surface area contributed by atoms with Crippen LogP contribution in [-0.2, 0) is 14.8 Å². The second-order valence-electron chi connectivity index (χ2n) is 4.22. The van der Waals surface area contributed by atoms with Gasteiger partial charge in [0.15, 0.2) is 0 Å². The molecule has 0 radical (unpaired) electrons. The van der Waals surface area contributed by atoms with Crippen molar-refractivity contribution in [1.82, 2.24) is 10.0 Å². The molecular weight excluding hydrogens is 252 g/mol. The molecule has 0 aromatic carbocycles. The topological polar surface area (TPSA) is 67.4 Å². The first kappa shape index (κ1) is 17.8. The van der Waals surface area contributed by atoms with Crippen LogP contribution in [0.3, 0.4) is 0 Å². The van der Waals surface area contributed by atoms with Crippen molar-refractivity contribution < 1.29 is 13.2 Å². The van der Waals surface area contributed by atoms with E-state index < -0.39 is 10.0 Å². The Morgan fingerprint density at radius 3 is 2.44 bits per heavy atom. The molecule has 0 saturated carbocycles. The molecule has 0 aliphatic heterocycles. The Hall–Kier alpha value is -0.170. The second-order valence-corrected chi connectivity index (χ2v) is 6.15. The van der Waals surface area contributed by atoms with E-state index in [1.165, 1.54) is 0 Å². The van der Waals surface area contributed by atoms with E-state index in [9.17, 15) is 8.42 Å². The van der Waals surface area contributed by atoms with Crippen LogP contribution < -0.4 is 10.0 Å². The summed E-state index contributed by atoms with van der Waals surface area (Å²) in [5.41, 5.74) is 0. The minimum absolute atomic E-state index is 0.218. The number of unbranched alkanes of at least 4 members (excludes halogenated alkanes) is 1. The third-order valence-electron chi connectivity index (χ3n) is 2.43. The van der Waals surface area contributed by atoms with Gasteiger partial charge in [0.1, 0.15) is 0 Å². The third kappa shape index (κ3) is 12.3. The zero-order chi connectivity index (χ0) is 13.7. The van der Waals surface area contributed by atoms with Crippen LogP contribution in [0.1, 0.15) is 39.5 Å². The van der Waals surface area contributed by atoms with E-state index >= 15 is 0 Å². The van der Waals surface area contributed by atoms with Crippen LogP contribution in [0.25, 0.3) is 0 Å². The molecule has 0 aliphatic rings. The Morgan fingerprint density at radius 1 is 1.00 bits per heavy atom. The van der Waals surface area contributed by atoms with Gasteiger partial charge in [-0.3, -0.25) is 0 Å². The zero-order valence-electron chi connectivity index (χ0n) is 11.7. The molecule has 0 aromatic rings. The van der Waals surface area contributed by atoms with Crippen molar-refractivity contribution in [3.8, 4) is 0 Å². The van der Waals surface area contributed by atoms with E-state index in [2.05, 4.69) is 17.0 Å². The highest BCUT2D eigenvalue weighted by molar-refractivity contribution is 7.89. The van der Waals surface area contributed by atoms with E-state index in [1.54, 1.807) is 0 Å². The number of hydrogen-bond donors (Lipinski definition) is 2. The lowest BCUT2D eigenvalue weighted by Gasteiger charge is -2.07. The first-order chi connectivity index (χ1) is 8.62. The first-order valence-electron chi connectivity index (χ1n) is 6.88. The van der Waals surface area contributed by atoms with E-state index in [1.807, 2.05) is 6.92 Å². The largest absolute Gasteiger partial charge is 0.382 e. The van der Waals surface area contributed by atoms with Crippen molar-refractivity contribution in [2.45, 2.75) is 39.5 Å². The standard InChI is InChI=1S/C12H28N2O3S/c1-3-8-13-9-5-6-12-18(15,16)14-10-7-11-17-4-2/h13-14H,3-12H2,1-2H3. The number of ether oxygens (including phenoxy) is 1. The second kappa shape index (κ2) is 11.9. The van der Waals surface area contributed by atoms with Gasteiger partial charge in [0.05, 0.1) is 5.75 Å². The summed E-state index contributed by atoms with van der Waals surface area (Å²) in [5.74, 6) is 0.218. The maximum absolute atomic E-state index is 11.6. The van der Waals surface area contributed by atoms with Crippen LogP contribution in [0.15, 0.2) is 0 Å². The van der Waals surface area contributed by atoms with Gasteiger partial charge >= 0.3 is 0 Å². The lowest BCUT2D eigenvalue weighted by molar-refractivity contribution is 0.146. The maximum atomic E-state index is 11.6. The molecule has 2 N–H and O–H groups in total. The number of nitrogens with one attached hydrogen (secondary N) is 2. The van der Waals surface area contributed by atoms with Crippen molar-refractivity contribution >= 4 is 10.0 Å². The summed E-state index contributed by atoms with van der Waals surface area (Å²) in [6.07, 6.45) is 3.45. The van der Waals surface area contributed by atoms with Gasteiger partial charge in [0, 0.05) is 19.8 Å². The van der Waals surface area contributed by atoms with Crippen molar-refractivity contribution in [2.75, 3.05) is 38.6 Å². The van der Waals surface area contributed by atoms with Crippen LogP contribution >= 0.6 is 0 Å². The van der Waals surface area contributed by atoms with Gasteiger partial charge in [0.2, 0.25) is 10.0 Å². The normalized spacial score (nSPS) is 11.9. The minimum Gasteiger partial charge on any atom is -0.382 e. The lowest BCUT2D eigenvalue weighted by Crippen LogP contribution is -2.28. The Bertz CT molecular complexity index is 268. The van der Waals surface area contributed by atoms with Gasteiger partial charge in [-0.25, -0.2) is 13.1 Å². The lowest BCUT2D eigenvalue weighted by atomic mass is 10.3. The molecule has 0 amide bonds. The minimum atomic E-state index is -3.09. The Morgan fingerprint density at radius 2 is 1.78 bits per heavy atom. The molecule has 5 nitrogen and oxygen atoms in total. The smallest absolute Gasteiger partial charge is 0.211 e. The molecule has 0 atom stereocenters. The summed E-state index contributed by atoms with van der Waals surface area (Å²) in [6, 6.07) is 0. The van der Waals surface area contributed by atoms with Gasteiger partial charge in [-0.2, -0.15) is 0 Å². The zero-order valence-corrected chi connectivity index (χ0v) is 12.5. The molecular formula is C12H28N2O3S. The van der Waals surface area contributed by atoms with Crippen LogP contribution in [-0.4, -0.2) is 47.0 Å². The summed E-state index contributed by atoms with van der Waals surface area (Å²) < 4.78 is 30.9. The average Bonchev–Trinajstić information content (AvgIpc) is 2.33. The molecule has 0 bridgehead atoms. The molecule has 18 heavy (non-hydrogen) atoms. The van der Waals surface area contributed by atoms with E-state index in [-0.39, 0.29) is 5.75 Å². The van der Waals surface area contributed by atoms with Crippen LogP contribution in [0, 0.1) is 0 Å². The van der Waals surface area contributed by atoms with E-state index in [0.717, 1.165) is 32.4 Å². The fraction of sp³-hybridized carbons (Fsp3) is 1.00. The van der Waals surface area contributed by atoms with Crippen LogP contribution in [0.5, 0.6) is 0 Å². The molecule has 0 fully saturated rings. The van der Waals surface area contributed by atoms with E-state index in [0.29, 0.717) is 26.2 Å². The Kier molecular flexibility index (Phi) is 11.8. The molecule has 110 valence electrons. The Labute approximate surface area is 112 Å². The van der Waals surface area contributed by atoms with Crippen LogP contribution in [0.2, 0.25) is 0 Å². The number of hydrogen-bond acceptors (Lipinski definition) is 4. The quantitative estimate of drug-likeness (QED) is 0.496. The molecule has 0 spiro atoms. The van der Waals surface area contributed by atoms with Gasteiger partial charge < -0.3 is 10.1 Å². The fourth-order valence-electron chi connectivity index (χ4n) is 1.46.